The van der Waals surface area contributed by atoms with Crippen molar-refractivity contribution in [1.29, 1.82) is 0 Å². The van der Waals surface area contributed by atoms with E-state index in [1.165, 1.54) is 31.0 Å². The molecule has 4 heterocycles. The quantitative estimate of drug-likeness (QED) is 0.860. The number of aromatic nitrogens is 3. The summed E-state index contributed by atoms with van der Waals surface area (Å²) in [5.41, 5.74) is 1.20. The molecule has 2 aromatic heterocycles. The van der Waals surface area contributed by atoms with Crippen LogP contribution in [0.1, 0.15) is 30.9 Å². The van der Waals surface area contributed by atoms with Crippen LogP contribution in [0.15, 0.2) is 30.7 Å². The molecular weight excluding hydrogens is 317 g/mol. The molecule has 1 saturated carbocycles. The van der Waals surface area contributed by atoms with Gasteiger partial charge >= 0.3 is 0 Å². The Kier molecular flexibility index (Phi) is 3.57. The maximum Gasteiger partial charge on any atom is 0.165 e. The molecule has 3 fully saturated rings. The Morgan fingerprint density at radius 3 is 2.40 bits per heavy atom. The first kappa shape index (κ1) is 15.0. The third-order valence-electron chi connectivity index (χ3n) is 6.05. The lowest BCUT2D eigenvalue weighted by molar-refractivity contribution is 0.410. The van der Waals surface area contributed by atoms with Crippen LogP contribution >= 0.6 is 0 Å². The molecule has 2 saturated heterocycles. The van der Waals surface area contributed by atoms with Gasteiger partial charge in [0.05, 0.1) is 0 Å². The first-order valence-corrected chi connectivity index (χ1v) is 9.20. The van der Waals surface area contributed by atoms with E-state index >= 15 is 0 Å². The number of pyridine rings is 1. The zero-order chi connectivity index (χ0) is 16.8. The van der Waals surface area contributed by atoms with Crippen molar-refractivity contribution in [3.8, 4) is 0 Å². The molecule has 0 aromatic carbocycles. The first-order valence-electron chi connectivity index (χ1n) is 9.20. The summed E-state index contributed by atoms with van der Waals surface area (Å²) in [6.45, 7) is 3.71. The van der Waals surface area contributed by atoms with E-state index in [9.17, 15) is 4.39 Å². The van der Waals surface area contributed by atoms with Crippen LogP contribution < -0.4 is 9.80 Å². The largest absolute Gasteiger partial charge is 0.356 e. The summed E-state index contributed by atoms with van der Waals surface area (Å²) in [6.07, 6.45) is 7.21. The monoisotopic (exact) mass is 339 g/mol. The highest BCUT2D eigenvalue weighted by atomic mass is 19.1. The van der Waals surface area contributed by atoms with E-state index in [2.05, 4.69) is 30.8 Å². The van der Waals surface area contributed by atoms with Crippen LogP contribution in [0, 0.1) is 17.7 Å². The van der Waals surface area contributed by atoms with Crippen LogP contribution in [0.4, 0.5) is 16.0 Å². The summed E-state index contributed by atoms with van der Waals surface area (Å²) in [6, 6.07) is 5.32. The lowest BCUT2D eigenvalue weighted by atomic mass is 9.83. The van der Waals surface area contributed by atoms with Crippen LogP contribution in [0.25, 0.3) is 0 Å². The molecule has 0 N–H and O–H groups in total. The second-order valence-electron chi connectivity index (χ2n) is 7.57. The average Bonchev–Trinajstić information content (AvgIpc) is 3.13. The standard InChI is InChI=1S/C19H22FN5/c20-16-5-2-6-21-19(16)25-10-14-8-24(9-15(14)11-25)18-7-17(22-12-23-18)13-3-1-4-13/h2,5-7,12-15H,1,3-4,8-11H2. The van der Waals surface area contributed by atoms with Crippen LogP contribution in [0.3, 0.4) is 0 Å². The Morgan fingerprint density at radius 1 is 0.960 bits per heavy atom. The molecule has 25 heavy (non-hydrogen) atoms. The average molecular weight is 339 g/mol. The van der Waals surface area contributed by atoms with Gasteiger partial charge in [0.15, 0.2) is 11.6 Å². The minimum absolute atomic E-state index is 0.222. The maximum atomic E-state index is 14.0. The molecule has 5 rings (SSSR count). The molecule has 5 nitrogen and oxygen atoms in total. The van der Waals surface area contributed by atoms with E-state index in [0.29, 0.717) is 23.6 Å². The fourth-order valence-corrected chi connectivity index (χ4v) is 4.42. The number of rotatable bonds is 3. The molecule has 0 spiro atoms. The van der Waals surface area contributed by atoms with Crippen LogP contribution in [0.5, 0.6) is 0 Å². The van der Waals surface area contributed by atoms with Crippen molar-refractivity contribution in [2.45, 2.75) is 25.2 Å². The maximum absolute atomic E-state index is 14.0. The normalized spacial score (nSPS) is 26.0. The van der Waals surface area contributed by atoms with Gasteiger partial charge in [0.1, 0.15) is 12.1 Å². The minimum atomic E-state index is -0.222. The van der Waals surface area contributed by atoms with Crippen molar-refractivity contribution in [3.63, 3.8) is 0 Å². The zero-order valence-electron chi connectivity index (χ0n) is 14.2. The minimum Gasteiger partial charge on any atom is -0.356 e. The predicted octanol–water partition coefficient (Wildman–Crippen LogP) is 2.85. The number of anilines is 2. The zero-order valence-corrected chi connectivity index (χ0v) is 14.2. The second-order valence-corrected chi connectivity index (χ2v) is 7.57. The van der Waals surface area contributed by atoms with Gasteiger partial charge in [-0.05, 0) is 25.0 Å². The highest BCUT2D eigenvalue weighted by Gasteiger charge is 2.41. The van der Waals surface area contributed by atoms with E-state index in [0.717, 1.165) is 32.0 Å². The lowest BCUT2D eigenvalue weighted by Gasteiger charge is -2.26. The molecule has 1 aliphatic carbocycles. The van der Waals surface area contributed by atoms with Crippen molar-refractivity contribution >= 4 is 11.6 Å². The fourth-order valence-electron chi connectivity index (χ4n) is 4.42. The van der Waals surface area contributed by atoms with Gasteiger partial charge in [-0.3, -0.25) is 0 Å². The van der Waals surface area contributed by atoms with Gasteiger partial charge < -0.3 is 9.80 Å². The topological polar surface area (TPSA) is 45.2 Å². The number of hydrogen-bond donors (Lipinski definition) is 0. The van der Waals surface area contributed by atoms with Crippen molar-refractivity contribution in [1.82, 2.24) is 15.0 Å². The SMILES string of the molecule is Fc1cccnc1N1CC2CN(c3cc(C4CCC4)ncn3)CC2C1. The second kappa shape index (κ2) is 5.93. The highest BCUT2D eigenvalue weighted by Crippen LogP contribution is 2.38. The molecule has 0 amide bonds. The van der Waals surface area contributed by atoms with Gasteiger partial charge in [-0.1, -0.05) is 6.42 Å². The van der Waals surface area contributed by atoms with Gasteiger partial charge in [0.2, 0.25) is 0 Å². The molecule has 0 radical (unpaired) electrons. The van der Waals surface area contributed by atoms with Crippen molar-refractivity contribution in [2.24, 2.45) is 11.8 Å². The summed E-state index contributed by atoms with van der Waals surface area (Å²) >= 11 is 0. The Balaban J connectivity index is 1.29. The van der Waals surface area contributed by atoms with Gasteiger partial charge in [-0.15, -0.1) is 0 Å². The number of nitrogens with zero attached hydrogens (tertiary/aromatic N) is 5. The molecule has 0 bridgehead atoms. The molecule has 2 aromatic rings. The molecule has 2 unspecified atom stereocenters. The van der Waals surface area contributed by atoms with E-state index in [1.54, 1.807) is 18.6 Å². The number of fused-ring (bicyclic) bond motifs is 1. The van der Waals surface area contributed by atoms with Crippen molar-refractivity contribution in [2.75, 3.05) is 36.0 Å². The van der Waals surface area contributed by atoms with Gasteiger partial charge in [0.25, 0.3) is 0 Å². The Morgan fingerprint density at radius 2 is 1.72 bits per heavy atom. The third kappa shape index (κ3) is 2.64. The molecule has 3 aliphatic rings. The van der Waals surface area contributed by atoms with Crippen LogP contribution in [-0.4, -0.2) is 41.1 Å². The Hall–Kier alpha value is -2.24. The summed E-state index contributed by atoms with van der Waals surface area (Å²) in [5.74, 6) is 3.05. The first-order chi connectivity index (χ1) is 12.3. The lowest BCUT2D eigenvalue weighted by Crippen LogP contribution is -2.30. The van der Waals surface area contributed by atoms with Crippen molar-refractivity contribution in [3.05, 3.63) is 42.2 Å². The Bertz CT molecular complexity index is 764. The van der Waals surface area contributed by atoms with E-state index in [1.807, 2.05) is 0 Å². The predicted molar refractivity (Wildman–Crippen MR) is 94.2 cm³/mol. The number of hydrogen-bond acceptors (Lipinski definition) is 5. The van der Waals surface area contributed by atoms with Crippen molar-refractivity contribution < 1.29 is 4.39 Å². The van der Waals surface area contributed by atoms with Gasteiger partial charge in [-0.25, -0.2) is 19.3 Å². The van der Waals surface area contributed by atoms with Gasteiger partial charge in [-0.2, -0.15) is 0 Å². The highest BCUT2D eigenvalue weighted by molar-refractivity contribution is 5.46. The van der Waals surface area contributed by atoms with Gasteiger partial charge in [0, 0.05) is 61.9 Å². The molecular formula is C19H22FN5. The third-order valence-corrected chi connectivity index (χ3v) is 6.05. The smallest absolute Gasteiger partial charge is 0.165 e. The summed E-state index contributed by atoms with van der Waals surface area (Å²) in [5, 5.41) is 0. The summed E-state index contributed by atoms with van der Waals surface area (Å²) in [7, 11) is 0. The summed E-state index contributed by atoms with van der Waals surface area (Å²) in [4.78, 5) is 17.7. The molecule has 6 heteroatoms. The van der Waals surface area contributed by atoms with E-state index in [4.69, 9.17) is 0 Å². The molecule has 2 atom stereocenters. The number of halogens is 1. The van der Waals surface area contributed by atoms with Crippen LogP contribution in [0.2, 0.25) is 0 Å². The van der Waals surface area contributed by atoms with Crippen LogP contribution in [-0.2, 0) is 0 Å². The van der Waals surface area contributed by atoms with E-state index in [-0.39, 0.29) is 5.82 Å². The Labute approximate surface area is 146 Å². The van der Waals surface area contributed by atoms with E-state index < -0.39 is 0 Å². The molecule has 2 aliphatic heterocycles. The summed E-state index contributed by atoms with van der Waals surface area (Å²) < 4.78 is 14.0. The fraction of sp³-hybridized carbons (Fsp3) is 0.526. The molecule has 130 valence electrons.